The lowest BCUT2D eigenvalue weighted by Crippen LogP contribution is -2.39. The Hall–Kier alpha value is -1.00. The highest BCUT2D eigenvalue weighted by molar-refractivity contribution is 7.98. The van der Waals surface area contributed by atoms with Gasteiger partial charge in [0.1, 0.15) is 6.04 Å². The van der Waals surface area contributed by atoms with Gasteiger partial charge >= 0.3 is 5.97 Å². The first-order valence-electron chi connectivity index (χ1n) is 7.17. The molecule has 1 N–H and O–H groups in total. The van der Waals surface area contributed by atoms with E-state index in [9.17, 15) is 4.79 Å². The van der Waals surface area contributed by atoms with Gasteiger partial charge in [0, 0.05) is 11.8 Å². The van der Waals surface area contributed by atoms with E-state index in [0.29, 0.717) is 6.04 Å². The maximum atomic E-state index is 11.7. The summed E-state index contributed by atoms with van der Waals surface area (Å²) in [5.41, 5.74) is 2.71. The Bertz CT molecular complexity index is 446. The first-order chi connectivity index (χ1) is 9.70. The van der Waals surface area contributed by atoms with Crippen molar-refractivity contribution in [1.29, 1.82) is 0 Å². The average Bonchev–Trinajstić information content (AvgIpc) is 3.27. The third-order valence-corrected chi connectivity index (χ3v) is 4.61. The molecule has 0 heterocycles. The van der Waals surface area contributed by atoms with Gasteiger partial charge < -0.3 is 10.1 Å². The maximum absolute atomic E-state index is 11.7. The molecule has 1 saturated carbocycles. The summed E-state index contributed by atoms with van der Waals surface area (Å²) < 4.78 is 4.86. The van der Waals surface area contributed by atoms with Crippen molar-refractivity contribution >= 4 is 17.7 Å². The topological polar surface area (TPSA) is 38.3 Å². The van der Waals surface area contributed by atoms with E-state index in [1.807, 2.05) is 11.8 Å². The van der Waals surface area contributed by atoms with Gasteiger partial charge in [0.05, 0.1) is 7.11 Å². The number of ether oxygens (including phenoxy) is 1. The summed E-state index contributed by atoms with van der Waals surface area (Å²) >= 11 is 1.88. The first kappa shape index (κ1) is 15.4. The largest absolute Gasteiger partial charge is 0.468 e. The van der Waals surface area contributed by atoms with Crippen LogP contribution in [0.25, 0.3) is 0 Å². The van der Waals surface area contributed by atoms with Crippen LogP contribution < -0.4 is 5.32 Å². The summed E-state index contributed by atoms with van der Waals surface area (Å²) in [7, 11) is 1.46. The summed E-state index contributed by atoms with van der Waals surface area (Å²) in [4.78, 5) is 11.7. The minimum atomic E-state index is -0.142. The first-order valence-corrected chi connectivity index (χ1v) is 8.32. The van der Waals surface area contributed by atoms with Crippen LogP contribution in [0.1, 0.15) is 30.4 Å². The SMILES string of the molecule is COC(=O)C(CCSCc1ccccc1C)NC1CC1. The van der Waals surface area contributed by atoms with Crippen LogP contribution in [0.5, 0.6) is 0 Å². The third-order valence-electron chi connectivity index (χ3n) is 3.57. The highest BCUT2D eigenvalue weighted by atomic mass is 32.2. The molecule has 0 aromatic heterocycles. The number of nitrogens with one attached hydrogen (secondary N) is 1. The zero-order chi connectivity index (χ0) is 14.4. The van der Waals surface area contributed by atoms with Crippen LogP contribution in [0.15, 0.2) is 24.3 Å². The Kier molecular flexibility index (Phi) is 5.92. The van der Waals surface area contributed by atoms with Crippen LogP contribution in [-0.4, -0.2) is 30.9 Å². The van der Waals surface area contributed by atoms with Crippen molar-refractivity contribution in [2.24, 2.45) is 0 Å². The standard InChI is InChI=1S/C16H23NO2S/c1-12-5-3-4-6-13(12)11-20-10-9-15(16(18)19-2)17-14-7-8-14/h3-6,14-15,17H,7-11H2,1-2H3. The van der Waals surface area contributed by atoms with Crippen LogP contribution in [0.2, 0.25) is 0 Å². The van der Waals surface area contributed by atoms with Crippen molar-refractivity contribution in [2.75, 3.05) is 12.9 Å². The number of hydrogen-bond acceptors (Lipinski definition) is 4. The number of rotatable bonds is 8. The van der Waals surface area contributed by atoms with Crippen LogP contribution in [-0.2, 0) is 15.3 Å². The van der Waals surface area contributed by atoms with E-state index in [1.54, 1.807) is 0 Å². The summed E-state index contributed by atoms with van der Waals surface area (Å²) in [6, 6.07) is 8.84. The molecule has 2 rings (SSSR count). The fourth-order valence-corrected chi connectivity index (χ4v) is 3.19. The van der Waals surface area contributed by atoms with Gasteiger partial charge in [-0.25, -0.2) is 0 Å². The number of thioether (sulfide) groups is 1. The molecule has 3 nitrogen and oxygen atoms in total. The Morgan fingerprint density at radius 2 is 2.20 bits per heavy atom. The summed E-state index contributed by atoms with van der Waals surface area (Å²) in [6.45, 7) is 2.14. The minimum Gasteiger partial charge on any atom is -0.468 e. The fraction of sp³-hybridized carbons (Fsp3) is 0.562. The number of carbonyl (C=O) groups excluding carboxylic acids is 1. The molecule has 0 amide bonds. The Balaban J connectivity index is 1.72. The molecule has 1 atom stereocenters. The van der Waals surface area contributed by atoms with Crippen molar-refractivity contribution in [3.05, 3.63) is 35.4 Å². The lowest BCUT2D eigenvalue weighted by molar-refractivity contribution is -0.143. The number of hydrogen-bond donors (Lipinski definition) is 1. The Morgan fingerprint density at radius 3 is 2.85 bits per heavy atom. The third kappa shape index (κ3) is 4.84. The van der Waals surface area contributed by atoms with E-state index in [4.69, 9.17) is 4.74 Å². The van der Waals surface area contributed by atoms with E-state index in [-0.39, 0.29) is 12.0 Å². The fourth-order valence-electron chi connectivity index (χ4n) is 2.10. The molecule has 1 aliphatic rings. The van der Waals surface area contributed by atoms with Crippen molar-refractivity contribution in [3.8, 4) is 0 Å². The molecule has 4 heteroatoms. The normalized spacial score (nSPS) is 15.9. The van der Waals surface area contributed by atoms with Crippen molar-refractivity contribution in [1.82, 2.24) is 5.32 Å². The van der Waals surface area contributed by atoms with Gasteiger partial charge in [-0.1, -0.05) is 24.3 Å². The second kappa shape index (κ2) is 7.70. The van der Waals surface area contributed by atoms with Crippen LogP contribution in [0.4, 0.5) is 0 Å². The van der Waals surface area contributed by atoms with Gasteiger partial charge in [-0.2, -0.15) is 11.8 Å². The summed E-state index contributed by atoms with van der Waals surface area (Å²) in [5, 5.41) is 3.36. The predicted molar refractivity (Wildman–Crippen MR) is 83.9 cm³/mol. The zero-order valence-corrected chi connectivity index (χ0v) is 13.0. The number of carbonyl (C=O) groups is 1. The maximum Gasteiger partial charge on any atom is 0.322 e. The molecule has 0 saturated heterocycles. The molecule has 1 aliphatic carbocycles. The summed E-state index contributed by atoms with van der Waals surface area (Å²) in [5.74, 6) is 1.84. The zero-order valence-electron chi connectivity index (χ0n) is 12.2. The molecule has 110 valence electrons. The smallest absolute Gasteiger partial charge is 0.322 e. The molecule has 0 bridgehead atoms. The number of esters is 1. The quantitative estimate of drug-likeness (QED) is 0.591. The number of benzene rings is 1. The van der Waals surface area contributed by atoms with Gasteiger partial charge in [-0.05, 0) is 43.1 Å². The second-order valence-corrected chi connectivity index (χ2v) is 6.39. The van der Waals surface area contributed by atoms with Crippen molar-refractivity contribution in [3.63, 3.8) is 0 Å². The van der Waals surface area contributed by atoms with E-state index in [1.165, 1.54) is 31.1 Å². The molecule has 0 radical (unpaired) electrons. The molecule has 0 spiro atoms. The molecule has 1 aromatic rings. The number of aryl methyl sites for hydroxylation is 1. The van der Waals surface area contributed by atoms with Crippen molar-refractivity contribution in [2.45, 2.75) is 44.0 Å². The highest BCUT2D eigenvalue weighted by Gasteiger charge is 2.28. The van der Waals surface area contributed by atoms with Crippen LogP contribution >= 0.6 is 11.8 Å². The molecule has 1 aromatic carbocycles. The van der Waals surface area contributed by atoms with E-state index < -0.39 is 0 Å². The molecule has 1 fully saturated rings. The second-order valence-electron chi connectivity index (χ2n) is 5.28. The average molecular weight is 293 g/mol. The van der Waals surface area contributed by atoms with Gasteiger partial charge in [0.2, 0.25) is 0 Å². The molecular formula is C16H23NO2S. The van der Waals surface area contributed by atoms with Gasteiger partial charge in [-0.3, -0.25) is 4.79 Å². The predicted octanol–water partition coefficient (Wildman–Crippen LogP) is 2.91. The van der Waals surface area contributed by atoms with Gasteiger partial charge in [0.25, 0.3) is 0 Å². The molecule has 20 heavy (non-hydrogen) atoms. The summed E-state index contributed by atoms with van der Waals surface area (Å²) in [6.07, 6.45) is 3.20. The lowest BCUT2D eigenvalue weighted by atomic mass is 10.1. The van der Waals surface area contributed by atoms with E-state index in [0.717, 1.165) is 17.9 Å². The van der Waals surface area contributed by atoms with Gasteiger partial charge in [0.15, 0.2) is 0 Å². The lowest BCUT2D eigenvalue weighted by Gasteiger charge is -2.15. The van der Waals surface area contributed by atoms with Crippen molar-refractivity contribution < 1.29 is 9.53 Å². The van der Waals surface area contributed by atoms with E-state index in [2.05, 4.69) is 36.5 Å². The Labute approximate surface area is 125 Å². The monoisotopic (exact) mass is 293 g/mol. The molecular weight excluding hydrogens is 270 g/mol. The Morgan fingerprint density at radius 1 is 1.45 bits per heavy atom. The van der Waals surface area contributed by atoms with Gasteiger partial charge in [-0.15, -0.1) is 0 Å². The van der Waals surface area contributed by atoms with Crippen LogP contribution in [0.3, 0.4) is 0 Å². The van der Waals surface area contributed by atoms with E-state index >= 15 is 0 Å². The molecule has 0 aliphatic heterocycles. The number of methoxy groups -OCH3 is 1. The molecule has 1 unspecified atom stereocenters. The minimum absolute atomic E-state index is 0.131. The highest BCUT2D eigenvalue weighted by Crippen LogP contribution is 2.22. The van der Waals surface area contributed by atoms with Crippen LogP contribution in [0, 0.1) is 6.92 Å².